The first-order valence-electron chi connectivity index (χ1n) is 10.0. The number of rotatable bonds is 12. The molecule has 0 N–H and O–H groups in total. The van der Waals surface area contributed by atoms with Gasteiger partial charge in [-0.05, 0) is 46.6 Å². The molecule has 1 atom stereocenters. The topological polar surface area (TPSA) is 109 Å². The molecule has 1 unspecified atom stereocenters. The van der Waals surface area contributed by atoms with Crippen molar-refractivity contribution in [3.63, 3.8) is 0 Å². The van der Waals surface area contributed by atoms with Crippen molar-refractivity contribution in [3.05, 3.63) is 29.0 Å². The Morgan fingerprint density at radius 1 is 1.10 bits per heavy atom. The summed E-state index contributed by atoms with van der Waals surface area (Å²) in [6.07, 6.45) is 3.08. The van der Waals surface area contributed by atoms with Crippen molar-refractivity contribution < 1.29 is 33.4 Å². The summed E-state index contributed by atoms with van der Waals surface area (Å²) in [5.41, 5.74) is -3.08. The molecule has 0 aliphatic heterocycles. The predicted molar refractivity (Wildman–Crippen MR) is 114 cm³/mol. The lowest BCUT2D eigenvalue weighted by Crippen LogP contribution is -2.51. The van der Waals surface area contributed by atoms with E-state index in [9.17, 15) is 19.2 Å². The van der Waals surface area contributed by atoms with Crippen LogP contribution in [-0.2, 0) is 28.6 Å². The standard InChI is InChI=1S/C22H30ClNO7/c1-6-30-18(26)9-7-8-10-22(17(25)14-29-5,20(28)31-21(2,3)4)19(27)15-11-16(23)13-24-12-15/h11-13H,6-10,14H2,1-5H3. The fraction of sp³-hybridized carbons (Fsp3) is 0.591. The number of Topliss-reactive ketones (excluding diaryl/α,β-unsaturated/α-hetero) is 2. The number of ketones is 2. The highest BCUT2D eigenvalue weighted by molar-refractivity contribution is 6.32. The highest BCUT2D eigenvalue weighted by Crippen LogP contribution is 2.35. The summed E-state index contributed by atoms with van der Waals surface area (Å²) in [5.74, 6) is -2.86. The molecule has 0 amide bonds. The Hall–Kier alpha value is -2.32. The number of pyridine rings is 1. The zero-order chi connectivity index (χ0) is 23.7. The first-order chi connectivity index (χ1) is 14.5. The number of hydrogen-bond acceptors (Lipinski definition) is 8. The van der Waals surface area contributed by atoms with E-state index in [1.165, 1.54) is 25.6 Å². The van der Waals surface area contributed by atoms with Crippen LogP contribution >= 0.6 is 11.6 Å². The maximum absolute atomic E-state index is 13.5. The van der Waals surface area contributed by atoms with Gasteiger partial charge in [0.1, 0.15) is 12.2 Å². The third kappa shape index (κ3) is 7.70. The number of carbonyl (C=O) groups excluding carboxylic acids is 4. The minimum Gasteiger partial charge on any atom is -0.466 e. The lowest BCUT2D eigenvalue weighted by Gasteiger charge is -2.32. The quantitative estimate of drug-likeness (QED) is 0.203. The van der Waals surface area contributed by atoms with Gasteiger partial charge in [0.25, 0.3) is 0 Å². The summed E-state index contributed by atoms with van der Waals surface area (Å²) in [5, 5.41) is 0.186. The molecule has 0 saturated heterocycles. The number of carbonyl (C=O) groups is 4. The molecule has 0 bridgehead atoms. The number of hydrogen-bond donors (Lipinski definition) is 0. The molecule has 1 aromatic heterocycles. The van der Waals surface area contributed by atoms with E-state index >= 15 is 0 Å². The number of halogens is 1. The second-order valence-electron chi connectivity index (χ2n) is 8.00. The fourth-order valence-corrected chi connectivity index (χ4v) is 3.16. The van der Waals surface area contributed by atoms with Gasteiger partial charge in [0.2, 0.25) is 0 Å². The maximum Gasteiger partial charge on any atom is 0.328 e. The minimum absolute atomic E-state index is 0.00760. The SMILES string of the molecule is CCOC(=O)CCCCC(C(=O)COC)(C(=O)OC(C)(C)C)C(=O)c1cncc(Cl)c1. The average Bonchev–Trinajstić information content (AvgIpc) is 2.66. The summed E-state index contributed by atoms with van der Waals surface area (Å²) < 4.78 is 15.3. The van der Waals surface area contributed by atoms with E-state index in [-0.39, 0.29) is 42.4 Å². The monoisotopic (exact) mass is 455 g/mol. The predicted octanol–water partition coefficient (Wildman–Crippen LogP) is 3.58. The van der Waals surface area contributed by atoms with Gasteiger partial charge in [-0.3, -0.25) is 24.2 Å². The van der Waals surface area contributed by atoms with Gasteiger partial charge in [0.05, 0.1) is 11.6 Å². The summed E-state index contributed by atoms with van der Waals surface area (Å²) in [4.78, 5) is 55.4. The largest absolute Gasteiger partial charge is 0.466 e. The number of methoxy groups -OCH3 is 1. The van der Waals surface area contributed by atoms with Gasteiger partial charge in [0.15, 0.2) is 17.0 Å². The van der Waals surface area contributed by atoms with Crippen LogP contribution in [-0.4, -0.2) is 54.4 Å². The zero-order valence-electron chi connectivity index (χ0n) is 18.7. The molecule has 0 radical (unpaired) electrons. The zero-order valence-corrected chi connectivity index (χ0v) is 19.4. The van der Waals surface area contributed by atoms with Crippen molar-refractivity contribution in [1.82, 2.24) is 4.98 Å². The molecule has 0 spiro atoms. The summed E-state index contributed by atoms with van der Waals surface area (Å²) in [7, 11) is 1.30. The highest BCUT2D eigenvalue weighted by atomic mass is 35.5. The molecule has 0 aromatic carbocycles. The van der Waals surface area contributed by atoms with Crippen molar-refractivity contribution >= 4 is 35.1 Å². The Kier molecular flexibility index (Phi) is 10.3. The molecular formula is C22H30ClNO7. The first-order valence-corrected chi connectivity index (χ1v) is 10.4. The van der Waals surface area contributed by atoms with Crippen LogP contribution in [0.5, 0.6) is 0 Å². The summed E-state index contributed by atoms with van der Waals surface area (Å²) >= 11 is 5.97. The van der Waals surface area contributed by atoms with Crippen LogP contribution in [0.15, 0.2) is 18.5 Å². The Balaban J connectivity index is 3.35. The Morgan fingerprint density at radius 3 is 2.32 bits per heavy atom. The van der Waals surface area contributed by atoms with E-state index in [0.717, 1.165) is 0 Å². The van der Waals surface area contributed by atoms with Crippen molar-refractivity contribution in [2.45, 2.75) is 59.0 Å². The second-order valence-corrected chi connectivity index (χ2v) is 8.43. The Morgan fingerprint density at radius 2 is 1.77 bits per heavy atom. The van der Waals surface area contributed by atoms with Gasteiger partial charge in [-0.1, -0.05) is 18.0 Å². The van der Waals surface area contributed by atoms with Crippen LogP contribution in [0, 0.1) is 5.41 Å². The van der Waals surface area contributed by atoms with Crippen LogP contribution in [0.4, 0.5) is 0 Å². The average molecular weight is 456 g/mol. The molecule has 1 rings (SSSR count). The molecular weight excluding hydrogens is 426 g/mol. The third-order valence-corrected chi connectivity index (χ3v) is 4.55. The number of aromatic nitrogens is 1. The Labute approximate surface area is 187 Å². The first kappa shape index (κ1) is 26.7. The molecule has 0 fully saturated rings. The molecule has 9 heteroatoms. The second kappa shape index (κ2) is 11.9. The van der Waals surface area contributed by atoms with Gasteiger partial charge in [-0.15, -0.1) is 0 Å². The van der Waals surface area contributed by atoms with Crippen molar-refractivity contribution in [2.24, 2.45) is 5.41 Å². The molecule has 0 aliphatic rings. The highest BCUT2D eigenvalue weighted by Gasteiger charge is 2.54. The normalized spacial score (nSPS) is 13.2. The molecule has 0 saturated carbocycles. The van der Waals surface area contributed by atoms with Gasteiger partial charge < -0.3 is 14.2 Å². The van der Waals surface area contributed by atoms with E-state index in [2.05, 4.69) is 4.98 Å². The maximum atomic E-state index is 13.5. The van der Waals surface area contributed by atoms with Crippen LogP contribution in [0.2, 0.25) is 5.02 Å². The molecule has 172 valence electrons. The van der Waals surface area contributed by atoms with Crippen LogP contribution in [0.3, 0.4) is 0 Å². The van der Waals surface area contributed by atoms with E-state index < -0.39 is 35.2 Å². The van der Waals surface area contributed by atoms with Crippen LogP contribution < -0.4 is 0 Å². The third-order valence-electron chi connectivity index (χ3n) is 4.34. The van der Waals surface area contributed by atoms with Crippen LogP contribution in [0.25, 0.3) is 0 Å². The minimum atomic E-state index is -2.15. The number of unbranched alkanes of at least 4 members (excludes halogenated alkanes) is 1. The fourth-order valence-electron chi connectivity index (χ4n) is 2.98. The van der Waals surface area contributed by atoms with Gasteiger partial charge in [0, 0.05) is 31.5 Å². The van der Waals surface area contributed by atoms with Gasteiger partial charge in [-0.2, -0.15) is 0 Å². The lowest BCUT2D eigenvalue weighted by atomic mass is 9.72. The summed E-state index contributed by atoms with van der Waals surface area (Å²) in [6.45, 7) is 6.42. The van der Waals surface area contributed by atoms with E-state index in [1.807, 2.05) is 0 Å². The molecule has 8 nitrogen and oxygen atoms in total. The molecule has 1 heterocycles. The lowest BCUT2D eigenvalue weighted by molar-refractivity contribution is -0.168. The smallest absolute Gasteiger partial charge is 0.328 e. The summed E-state index contributed by atoms with van der Waals surface area (Å²) in [6, 6.07) is 1.34. The molecule has 1 aromatic rings. The van der Waals surface area contributed by atoms with Crippen molar-refractivity contribution in [3.8, 4) is 0 Å². The Bertz CT molecular complexity index is 803. The number of nitrogens with zero attached hydrogens (tertiary/aromatic N) is 1. The van der Waals surface area contributed by atoms with Crippen LogP contribution in [0.1, 0.15) is 63.7 Å². The van der Waals surface area contributed by atoms with Gasteiger partial charge in [-0.25, -0.2) is 0 Å². The molecule has 31 heavy (non-hydrogen) atoms. The van der Waals surface area contributed by atoms with E-state index in [0.29, 0.717) is 6.42 Å². The number of ether oxygens (including phenoxy) is 3. The van der Waals surface area contributed by atoms with Crippen molar-refractivity contribution in [1.29, 1.82) is 0 Å². The number of esters is 2. The van der Waals surface area contributed by atoms with E-state index in [1.54, 1.807) is 27.7 Å². The van der Waals surface area contributed by atoms with Crippen molar-refractivity contribution in [2.75, 3.05) is 20.3 Å². The van der Waals surface area contributed by atoms with E-state index in [4.69, 9.17) is 25.8 Å². The molecule has 0 aliphatic carbocycles. The van der Waals surface area contributed by atoms with Gasteiger partial charge >= 0.3 is 11.9 Å².